The first-order chi connectivity index (χ1) is 16.7. The smallest absolute Gasteiger partial charge is 0.256 e. The van der Waals surface area contributed by atoms with Crippen LogP contribution in [0.15, 0.2) is 30.3 Å². The van der Waals surface area contributed by atoms with Gasteiger partial charge >= 0.3 is 0 Å². The summed E-state index contributed by atoms with van der Waals surface area (Å²) >= 11 is 0. The van der Waals surface area contributed by atoms with Crippen LogP contribution in [0.4, 0.5) is 11.6 Å². The molecule has 1 saturated heterocycles. The summed E-state index contributed by atoms with van der Waals surface area (Å²) in [5.74, 6) is 0.314. The summed E-state index contributed by atoms with van der Waals surface area (Å²) in [5, 5.41) is 13.6. The molecular formula is C27H33N5O3. The Hall–Kier alpha value is -3.65. The molecule has 4 N–H and O–H groups in total. The SMILES string of the molecule is COc1nc(Nc2ccc(C3CCN(C)CC3)c(C)c2)nc(-c2c(C)ccc(O)c2C)c1C(N)=O. The van der Waals surface area contributed by atoms with E-state index in [9.17, 15) is 9.90 Å². The minimum atomic E-state index is -0.705. The van der Waals surface area contributed by atoms with E-state index >= 15 is 0 Å². The highest BCUT2D eigenvalue weighted by Gasteiger charge is 2.25. The second-order valence-electron chi connectivity index (χ2n) is 9.32. The van der Waals surface area contributed by atoms with E-state index < -0.39 is 5.91 Å². The molecule has 184 valence electrons. The van der Waals surface area contributed by atoms with Crippen LogP contribution in [0.3, 0.4) is 0 Å². The van der Waals surface area contributed by atoms with E-state index in [2.05, 4.69) is 46.3 Å². The van der Waals surface area contributed by atoms with Crippen LogP contribution in [0.5, 0.6) is 11.6 Å². The van der Waals surface area contributed by atoms with Gasteiger partial charge in [-0.3, -0.25) is 4.79 Å². The van der Waals surface area contributed by atoms with Crippen LogP contribution in [-0.2, 0) is 0 Å². The van der Waals surface area contributed by atoms with Gasteiger partial charge < -0.3 is 25.8 Å². The third kappa shape index (κ3) is 4.93. The van der Waals surface area contributed by atoms with Gasteiger partial charge in [-0.1, -0.05) is 12.1 Å². The lowest BCUT2D eigenvalue weighted by Gasteiger charge is -2.30. The minimum absolute atomic E-state index is 0.0728. The maximum Gasteiger partial charge on any atom is 0.256 e. The number of primary amides is 1. The largest absolute Gasteiger partial charge is 0.508 e. The number of nitrogens with one attached hydrogen (secondary N) is 1. The van der Waals surface area contributed by atoms with Crippen LogP contribution < -0.4 is 15.8 Å². The Kier molecular flexibility index (Phi) is 6.93. The van der Waals surface area contributed by atoms with Gasteiger partial charge in [0.2, 0.25) is 11.8 Å². The fraction of sp³-hybridized carbons (Fsp3) is 0.370. The number of aryl methyl sites for hydroxylation is 2. The number of hydrogen-bond acceptors (Lipinski definition) is 7. The molecule has 1 amide bonds. The monoisotopic (exact) mass is 475 g/mol. The summed E-state index contributed by atoms with van der Waals surface area (Å²) < 4.78 is 5.43. The number of hydrogen-bond donors (Lipinski definition) is 3. The Balaban J connectivity index is 1.74. The van der Waals surface area contributed by atoms with Crippen LogP contribution >= 0.6 is 0 Å². The number of likely N-dealkylation sites (tertiary alicyclic amines) is 1. The number of ether oxygens (including phenoxy) is 1. The second-order valence-corrected chi connectivity index (χ2v) is 9.32. The van der Waals surface area contributed by atoms with Crippen LogP contribution in [0.25, 0.3) is 11.3 Å². The van der Waals surface area contributed by atoms with Crippen molar-refractivity contribution in [3.63, 3.8) is 0 Å². The second kappa shape index (κ2) is 9.92. The summed E-state index contributed by atoms with van der Waals surface area (Å²) in [6.07, 6.45) is 2.32. The van der Waals surface area contributed by atoms with Gasteiger partial charge in [-0.25, -0.2) is 4.98 Å². The fourth-order valence-electron chi connectivity index (χ4n) is 4.91. The molecular weight excluding hydrogens is 442 g/mol. The topological polar surface area (TPSA) is 114 Å². The Labute approximate surface area is 206 Å². The molecule has 8 heteroatoms. The number of carbonyl (C=O) groups excluding carboxylic acids is 1. The zero-order valence-electron chi connectivity index (χ0n) is 21.0. The van der Waals surface area contributed by atoms with Crippen molar-refractivity contribution in [2.24, 2.45) is 5.73 Å². The number of carbonyl (C=O) groups is 1. The lowest BCUT2D eigenvalue weighted by Crippen LogP contribution is -2.29. The van der Waals surface area contributed by atoms with Gasteiger partial charge in [0.15, 0.2) is 0 Å². The standard InChI is InChI=1S/C27H33N5O3/c1-15-6-9-21(33)17(3)22(15)24-23(25(28)34)26(35-5)31-27(30-24)29-19-7-8-20(16(2)14-19)18-10-12-32(4)13-11-18/h6-9,14,18,33H,10-13H2,1-5H3,(H2,28,34)(H,29,30,31). The molecule has 35 heavy (non-hydrogen) atoms. The number of aromatic hydroxyl groups is 1. The molecule has 0 radical (unpaired) electrons. The van der Waals surface area contributed by atoms with Crippen molar-refractivity contribution in [2.75, 3.05) is 32.6 Å². The molecule has 4 rings (SSSR count). The van der Waals surface area contributed by atoms with Crippen molar-refractivity contribution in [1.29, 1.82) is 0 Å². The molecule has 1 aliphatic heterocycles. The fourth-order valence-corrected chi connectivity index (χ4v) is 4.91. The number of piperidine rings is 1. The van der Waals surface area contributed by atoms with E-state index in [0.29, 0.717) is 22.7 Å². The van der Waals surface area contributed by atoms with Crippen molar-refractivity contribution < 1.29 is 14.6 Å². The van der Waals surface area contributed by atoms with Gasteiger partial charge in [0.05, 0.1) is 12.8 Å². The highest BCUT2D eigenvalue weighted by Crippen LogP contribution is 2.37. The Morgan fingerprint density at radius 3 is 2.46 bits per heavy atom. The summed E-state index contributed by atoms with van der Waals surface area (Å²) in [6.45, 7) is 8.01. The molecule has 2 heterocycles. The molecule has 3 aromatic rings. The van der Waals surface area contributed by atoms with E-state index in [1.165, 1.54) is 18.2 Å². The molecule has 1 aromatic heterocycles. The molecule has 0 atom stereocenters. The Bertz CT molecular complexity index is 1270. The van der Waals surface area contributed by atoms with Crippen molar-refractivity contribution in [3.05, 3.63) is 58.1 Å². The number of benzene rings is 2. The highest BCUT2D eigenvalue weighted by atomic mass is 16.5. The van der Waals surface area contributed by atoms with Crippen molar-refractivity contribution in [2.45, 2.75) is 39.5 Å². The average Bonchev–Trinajstić information content (AvgIpc) is 2.82. The third-order valence-electron chi connectivity index (χ3n) is 6.88. The lowest BCUT2D eigenvalue weighted by molar-refractivity contribution is 0.0997. The predicted octanol–water partition coefficient (Wildman–Crippen LogP) is 4.43. The number of rotatable bonds is 6. The van der Waals surface area contributed by atoms with E-state index in [1.807, 2.05) is 13.0 Å². The summed E-state index contributed by atoms with van der Waals surface area (Å²) in [7, 11) is 3.60. The maximum atomic E-state index is 12.4. The summed E-state index contributed by atoms with van der Waals surface area (Å²) in [6, 6.07) is 9.69. The van der Waals surface area contributed by atoms with E-state index in [1.54, 1.807) is 19.1 Å². The molecule has 0 bridgehead atoms. The number of nitrogens with two attached hydrogens (primary N) is 1. The first kappa shape index (κ1) is 24.5. The molecule has 2 aromatic carbocycles. The van der Waals surface area contributed by atoms with Crippen molar-refractivity contribution >= 4 is 17.5 Å². The molecule has 8 nitrogen and oxygen atoms in total. The van der Waals surface area contributed by atoms with Crippen LogP contribution in [0.2, 0.25) is 0 Å². The van der Waals surface area contributed by atoms with E-state index in [-0.39, 0.29) is 23.1 Å². The van der Waals surface area contributed by atoms with Gasteiger partial charge in [0.25, 0.3) is 5.91 Å². The van der Waals surface area contributed by atoms with Gasteiger partial charge in [-0.2, -0.15) is 4.98 Å². The number of phenols is 1. The zero-order chi connectivity index (χ0) is 25.3. The molecule has 0 unspecified atom stereocenters. The number of aromatic nitrogens is 2. The highest BCUT2D eigenvalue weighted by molar-refractivity contribution is 6.02. The molecule has 0 spiro atoms. The van der Waals surface area contributed by atoms with Crippen molar-refractivity contribution in [3.8, 4) is 22.9 Å². The normalized spacial score (nSPS) is 14.7. The molecule has 0 aliphatic carbocycles. The number of phenolic OH excluding ortho intramolecular Hbond substituents is 1. The van der Waals surface area contributed by atoms with Crippen LogP contribution in [0, 0.1) is 20.8 Å². The first-order valence-corrected chi connectivity index (χ1v) is 11.8. The zero-order valence-corrected chi connectivity index (χ0v) is 21.0. The minimum Gasteiger partial charge on any atom is -0.508 e. The van der Waals surface area contributed by atoms with E-state index in [4.69, 9.17) is 10.5 Å². The number of anilines is 2. The Morgan fingerprint density at radius 1 is 1.11 bits per heavy atom. The van der Waals surface area contributed by atoms with E-state index in [0.717, 1.165) is 37.2 Å². The summed E-state index contributed by atoms with van der Waals surface area (Å²) in [5.41, 5.74) is 11.6. The van der Waals surface area contributed by atoms with Gasteiger partial charge in [-0.15, -0.1) is 0 Å². The predicted molar refractivity (Wildman–Crippen MR) is 138 cm³/mol. The molecule has 0 saturated carbocycles. The molecule has 1 aliphatic rings. The number of amides is 1. The average molecular weight is 476 g/mol. The quantitative estimate of drug-likeness (QED) is 0.483. The van der Waals surface area contributed by atoms with Gasteiger partial charge in [-0.05, 0) is 94.6 Å². The maximum absolute atomic E-state index is 12.4. The number of nitrogens with zero attached hydrogens (tertiary/aromatic N) is 3. The van der Waals surface area contributed by atoms with Crippen LogP contribution in [-0.4, -0.2) is 53.1 Å². The van der Waals surface area contributed by atoms with Gasteiger partial charge in [0, 0.05) is 16.8 Å². The lowest BCUT2D eigenvalue weighted by atomic mass is 9.87. The molecule has 1 fully saturated rings. The summed E-state index contributed by atoms with van der Waals surface area (Å²) in [4.78, 5) is 23.8. The first-order valence-electron chi connectivity index (χ1n) is 11.8. The van der Waals surface area contributed by atoms with Crippen molar-refractivity contribution in [1.82, 2.24) is 14.9 Å². The third-order valence-corrected chi connectivity index (χ3v) is 6.88. The Morgan fingerprint density at radius 2 is 1.83 bits per heavy atom. The van der Waals surface area contributed by atoms with Gasteiger partial charge in [0.1, 0.15) is 11.3 Å². The number of methoxy groups -OCH3 is 1. The van der Waals surface area contributed by atoms with Crippen LogP contribution in [0.1, 0.15) is 51.4 Å².